The SMILES string of the molecule is CCn1cc(Br)cc1C(=O)NCC1(N2CCCCC2)CCN(C)CC1. The lowest BCUT2D eigenvalue weighted by molar-refractivity contribution is 0.0144. The number of aromatic nitrogens is 1. The van der Waals surface area contributed by atoms with E-state index in [1.165, 1.54) is 32.4 Å². The van der Waals surface area contributed by atoms with Gasteiger partial charge in [-0.15, -0.1) is 0 Å². The molecule has 0 unspecified atom stereocenters. The maximum absolute atomic E-state index is 12.8. The summed E-state index contributed by atoms with van der Waals surface area (Å²) in [6.07, 6.45) is 8.18. The van der Waals surface area contributed by atoms with Gasteiger partial charge in [-0.1, -0.05) is 6.42 Å². The van der Waals surface area contributed by atoms with Crippen molar-refractivity contribution >= 4 is 21.8 Å². The Kier molecular flexibility index (Phi) is 6.23. The molecule has 6 heteroatoms. The molecule has 0 aliphatic carbocycles. The molecule has 2 aliphatic rings. The quantitative estimate of drug-likeness (QED) is 0.810. The van der Waals surface area contributed by atoms with Gasteiger partial charge in [-0.25, -0.2) is 0 Å². The summed E-state index contributed by atoms with van der Waals surface area (Å²) in [5, 5.41) is 3.27. The van der Waals surface area contributed by atoms with Gasteiger partial charge in [0.15, 0.2) is 0 Å². The van der Waals surface area contributed by atoms with Crippen LogP contribution in [0, 0.1) is 0 Å². The van der Waals surface area contributed by atoms with Gasteiger partial charge >= 0.3 is 0 Å². The van der Waals surface area contributed by atoms with Gasteiger partial charge in [-0.05, 0) is 87.8 Å². The van der Waals surface area contributed by atoms with Crippen LogP contribution in [0.15, 0.2) is 16.7 Å². The summed E-state index contributed by atoms with van der Waals surface area (Å²) in [6, 6.07) is 1.92. The highest BCUT2D eigenvalue weighted by atomic mass is 79.9. The van der Waals surface area contributed by atoms with Crippen molar-refractivity contribution in [2.75, 3.05) is 39.8 Å². The molecule has 25 heavy (non-hydrogen) atoms. The van der Waals surface area contributed by atoms with Crippen molar-refractivity contribution in [2.24, 2.45) is 0 Å². The summed E-state index contributed by atoms with van der Waals surface area (Å²) >= 11 is 3.48. The van der Waals surface area contributed by atoms with E-state index in [9.17, 15) is 4.79 Å². The van der Waals surface area contributed by atoms with Crippen LogP contribution in [-0.4, -0.2) is 65.6 Å². The highest BCUT2D eigenvalue weighted by Gasteiger charge is 2.39. The van der Waals surface area contributed by atoms with E-state index in [4.69, 9.17) is 0 Å². The smallest absolute Gasteiger partial charge is 0.268 e. The lowest BCUT2D eigenvalue weighted by Gasteiger charge is -2.50. The van der Waals surface area contributed by atoms with Gasteiger partial charge in [0.05, 0.1) is 0 Å². The third-order valence-corrected chi connectivity index (χ3v) is 6.39. The number of nitrogens with zero attached hydrogens (tertiary/aromatic N) is 3. The average Bonchev–Trinajstić information content (AvgIpc) is 3.03. The van der Waals surface area contributed by atoms with Crippen LogP contribution in [-0.2, 0) is 6.54 Å². The molecule has 3 heterocycles. The zero-order valence-corrected chi connectivity index (χ0v) is 17.1. The van der Waals surface area contributed by atoms with E-state index in [-0.39, 0.29) is 11.4 Å². The van der Waals surface area contributed by atoms with Crippen LogP contribution < -0.4 is 5.32 Å². The Morgan fingerprint density at radius 2 is 1.88 bits per heavy atom. The van der Waals surface area contributed by atoms with Crippen molar-refractivity contribution in [1.82, 2.24) is 19.7 Å². The van der Waals surface area contributed by atoms with Crippen molar-refractivity contribution in [3.63, 3.8) is 0 Å². The third kappa shape index (κ3) is 4.29. The Morgan fingerprint density at radius 3 is 2.52 bits per heavy atom. The van der Waals surface area contributed by atoms with E-state index >= 15 is 0 Å². The van der Waals surface area contributed by atoms with Crippen LogP contribution in [0.2, 0.25) is 0 Å². The zero-order chi connectivity index (χ0) is 17.9. The maximum atomic E-state index is 12.8. The van der Waals surface area contributed by atoms with Crippen molar-refractivity contribution in [3.05, 3.63) is 22.4 Å². The number of aryl methyl sites for hydroxylation is 1. The Labute approximate surface area is 159 Å². The fraction of sp³-hybridized carbons (Fsp3) is 0.737. The largest absolute Gasteiger partial charge is 0.349 e. The molecule has 2 saturated heterocycles. The first-order valence-corrected chi connectivity index (χ1v) is 10.4. The summed E-state index contributed by atoms with van der Waals surface area (Å²) in [6.45, 7) is 8.21. The molecule has 1 amide bonds. The lowest BCUT2D eigenvalue weighted by Crippen LogP contribution is -2.61. The van der Waals surface area contributed by atoms with Crippen LogP contribution in [0.25, 0.3) is 0 Å². The molecule has 5 nitrogen and oxygen atoms in total. The van der Waals surface area contributed by atoms with E-state index in [1.54, 1.807) is 0 Å². The minimum Gasteiger partial charge on any atom is -0.349 e. The van der Waals surface area contributed by atoms with Gasteiger partial charge in [0.25, 0.3) is 5.91 Å². The summed E-state index contributed by atoms with van der Waals surface area (Å²) in [5.41, 5.74) is 0.875. The number of amides is 1. The monoisotopic (exact) mass is 410 g/mol. The molecular formula is C19H31BrN4O. The summed E-state index contributed by atoms with van der Waals surface area (Å²) < 4.78 is 2.96. The number of nitrogens with one attached hydrogen (secondary N) is 1. The van der Waals surface area contributed by atoms with Crippen molar-refractivity contribution < 1.29 is 4.79 Å². The first-order chi connectivity index (χ1) is 12.0. The number of rotatable bonds is 5. The Hall–Kier alpha value is -0.850. The molecule has 0 atom stereocenters. The molecule has 0 aromatic carbocycles. The van der Waals surface area contributed by atoms with Crippen LogP contribution in [0.3, 0.4) is 0 Å². The normalized spacial score (nSPS) is 22.0. The molecular weight excluding hydrogens is 380 g/mol. The van der Waals surface area contributed by atoms with Crippen LogP contribution in [0.5, 0.6) is 0 Å². The van der Waals surface area contributed by atoms with Gasteiger partial charge in [0, 0.05) is 29.3 Å². The van der Waals surface area contributed by atoms with E-state index < -0.39 is 0 Å². The topological polar surface area (TPSA) is 40.5 Å². The minimum atomic E-state index is 0.0443. The highest BCUT2D eigenvalue weighted by molar-refractivity contribution is 9.10. The van der Waals surface area contributed by atoms with Crippen LogP contribution in [0.4, 0.5) is 0 Å². The predicted octanol–water partition coefficient (Wildman–Crippen LogP) is 2.95. The van der Waals surface area contributed by atoms with E-state index in [1.807, 2.05) is 16.8 Å². The highest BCUT2D eigenvalue weighted by Crippen LogP contribution is 2.31. The summed E-state index contributed by atoms with van der Waals surface area (Å²) in [5.74, 6) is 0.0443. The molecule has 2 fully saturated rings. The van der Waals surface area contributed by atoms with Crippen molar-refractivity contribution in [3.8, 4) is 0 Å². The number of carbonyl (C=O) groups excluding carboxylic acids is 1. The molecule has 0 saturated carbocycles. The van der Waals surface area contributed by atoms with Gasteiger partial charge < -0.3 is 14.8 Å². The van der Waals surface area contributed by atoms with Gasteiger partial charge in [-0.2, -0.15) is 0 Å². The molecule has 2 aliphatic heterocycles. The Bertz CT molecular complexity index is 586. The van der Waals surface area contributed by atoms with Gasteiger partial charge in [0.2, 0.25) is 0 Å². The van der Waals surface area contributed by atoms with Crippen molar-refractivity contribution in [1.29, 1.82) is 0 Å². The van der Waals surface area contributed by atoms with E-state index in [0.29, 0.717) is 0 Å². The predicted molar refractivity (Wildman–Crippen MR) is 105 cm³/mol. The number of halogens is 1. The van der Waals surface area contributed by atoms with Crippen LogP contribution in [0.1, 0.15) is 49.5 Å². The molecule has 0 radical (unpaired) electrons. The standard InChI is InChI=1S/C19H31BrN4O/c1-3-23-14-16(20)13-17(23)18(25)21-15-19(7-11-22(2)12-8-19)24-9-5-4-6-10-24/h13-14H,3-12,15H2,1-2H3,(H,21,25). The number of piperidine rings is 2. The fourth-order valence-corrected chi connectivity index (χ4v) is 4.73. The van der Waals surface area contributed by atoms with E-state index in [0.717, 1.165) is 49.2 Å². The second kappa shape index (κ2) is 8.23. The first kappa shape index (κ1) is 18.9. The van der Waals surface area contributed by atoms with Gasteiger partial charge in [-0.3, -0.25) is 9.69 Å². The minimum absolute atomic E-state index is 0.0443. The molecule has 1 N–H and O–H groups in total. The molecule has 0 spiro atoms. The zero-order valence-electron chi connectivity index (χ0n) is 15.6. The molecule has 3 rings (SSSR count). The average molecular weight is 411 g/mol. The Balaban J connectivity index is 1.70. The molecule has 1 aromatic heterocycles. The van der Waals surface area contributed by atoms with Crippen molar-refractivity contribution in [2.45, 2.75) is 51.1 Å². The fourth-order valence-electron chi connectivity index (χ4n) is 4.27. The number of likely N-dealkylation sites (tertiary alicyclic amines) is 2. The van der Waals surface area contributed by atoms with Crippen LogP contribution >= 0.6 is 15.9 Å². The molecule has 1 aromatic rings. The number of hydrogen-bond acceptors (Lipinski definition) is 3. The lowest BCUT2D eigenvalue weighted by atomic mass is 9.84. The maximum Gasteiger partial charge on any atom is 0.268 e. The summed E-state index contributed by atoms with van der Waals surface area (Å²) in [4.78, 5) is 17.9. The van der Waals surface area contributed by atoms with E-state index in [2.05, 4.69) is 45.0 Å². The van der Waals surface area contributed by atoms with Gasteiger partial charge in [0.1, 0.15) is 5.69 Å². The molecule has 140 valence electrons. The molecule has 0 bridgehead atoms. The number of hydrogen-bond donors (Lipinski definition) is 1. The number of carbonyl (C=O) groups is 1. The first-order valence-electron chi connectivity index (χ1n) is 9.61. The second-order valence-corrected chi connectivity index (χ2v) is 8.50. The Morgan fingerprint density at radius 1 is 1.20 bits per heavy atom. The summed E-state index contributed by atoms with van der Waals surface area (Å²) in [7, 11) is 2.20. The second-order valence-electron chi connectivity index (χ2n) is 7.59. The third-order valence-electron chi connectivity index (χ3n) is 5.96.